The van der Waals surface area contributed by atoms with Crippen LogP contribution in [-0.4, -0.2) is 53.9 Å². The maximum Gasteiger partial charge on any atom is 0.414 e. The Balaban J connectivity index is 1.49. The van der Waals surface area contributed by atoms with Crippen molar-refractivity contribution < 1.29 is 18.4 Å². The summed E-state index contributed by atoms with van der Waals surface area (Å²) in [5.41, 5.74) is 1.34. The van der Waals surface area contributed by atoms with E-state index in [1.807, 2.05) is 6.92 Å². The number of thiocarbonyl (C=S) groups is 1. The van der Waals surface area contributed by atoms with Gasteiger partial charge < -0.3 is 25.2 Å². The topological polar surface area (TPSA) is 91.7 Å². The summed E-state index contributed by atoms with van der Waals surface area (Å²) < 4.78 is 24.8. The minimum atomic E-state index is -0.491. The Morgan fingerprint density at radius 1 is 1.43 bits per heavy atom. The van der Waals surface area contributed by atoms with Gasteiger partial charge in [-0.3, -0.25) is 4.90 Å². The number of amides is 1. The quantitative estimate of drug-likeness (QED) is 0.199. The van der Waals surface area contributed by atoms with Gasteiger partial charge in [0.1, 0.15) is 28.4 Å². The van der Waals surface area contributed by atoms with E-state index >= 15 is 0 Å². The molecule has 0 spiro atoms. The first-order valence-corrected chi connectivity index (χ1v) is 10.4. The van der Waals surface area contributed by atoms with Crippen LogP contribution in [0.5, 0.6) is 0 Å². The van der Waals surface area contributed by atoms with Crippen molar-refractivity contribution in [1.82, 2.24) is 15.8 Å². The first-order valence-electron chi connectivity index (χ1n) is 9.48. The molecule has 0 radical (unpaired) electrons. The highest BCUT2D eigenvalue weighted by Crippen LogP contribution is 2.26. The molecular formula is C19H24FN5O3S2. The van der Waals surface area contributed by atoms with Crippen molar-refractivity contribution >= 4 is 47.3 Å². The molecule has 1 aliphatic heterocycles. The second-order valence-electron chi connectivity index (χ2n) is 6.87. The van der Waals surface area contributed by atoms with E-state index in [2.05, 4.69) is 33.7 Å². The monoisotopic (exact) mass is 453 g/mol. The fourth-order valence-electron chi connectivity index (χ4n) is 2.89. The average Bonchev–Trinajstić information content (AvgIpc) is 3.30. The van der Waals surface area contributed by atoms with Crippen LogP contribution in [0.4, 0.5) is 20.6 Å². The fraction of sp³-hybridized carbons (Fsp3) is 0.421. The van der Waals surface area contributed by atoms with Gasteiger partial charge in [0.15, 0.2) is 0 Å². The number of benzene rings is 1. The molecule has 0 bridgehead atoms. The van der Waals surface area contributed by atoms with E-state index in [-0.39, 0.29) is 11.5 Å². The average molecular weight is 454 g/mol. The molecule has 1 aromatic heterocycles. The standard InChI is InChI=1S/C19H24FN5O3S2/c1-11-7-17(24-28-11)18(30)22-6-5-21-16-4-3-13(8-15(16)20)25-10-14(27-19(25)26)9-23-12(2)29/h3-4,7-8,12,14,21,23,29H,5-6,9-10H2,1-2H3,(H,22,30)/t12?,14-/m0/s1. The first kappa shape index (κ1) is 22.3. The third-order valence-corrected chi connectivity index (χ3v) is 4.90. The number of ether oxygens (including phenoxy) is 1. The normalized spacial score (nSPS) is 17.0. The van der Waals surface area contributed by atoms with Crippen LogP contribution in [0.3, 0.4) is 0 Å². The van der Waals surface area contributed by atoms with Crippen molar-refractivity contribution in [2.24, 2.45) is 0 Å². The number of halogens is 1. The molecule has 30 heavy (non-hydrogen) atoms. The summed E-state index contributed by atoms with van der Waals surface area (Å²) in [5, 5.41) is 13.0. The number of hydrogen-bond donors (Lipinski definition) is 4. The summed E-state index contributed by atoms with van der Waals surface area (Å²) in [6.07, 6.45) is -0.800. The molecule has 0 saturated carbocycles. The van der Waals surface area contributed by atoms with Gasteiger partial charge in [-0.25, -0.2) is 9.18 Å². The third-order valence-electron chi connectivity index (χ3n) is 4.37. The SMILES string of the molecule is Cc1cc(C(=S)NCCNc2ccc(N3C[C@H](CNC(C)S)OC3=O)cc2F)no1. The van der Waals surface area contributed by atoms with Crippen LogP contribution in [0.1, 0.15) is 18.4 Å². The summed E-state index contributed by atoms with van der Waals surface area (Å²) in [6, 6.07) is 6.33. The number of aryl methyl sites for hydroxylation is 1. The van der Waals surface area contributed by atoms with E-state index in [1.54, 1.807) is 25.1 Å². The minimum Gasteiger partial charge on any atom is -0.443 e. The maximum atomic E-state index is 14.5. The van der Waals surface area contributed by atoms with Crippen LogP contribution in [0.15, 0.2) is 28.8 Å². The number of cyclic esters (lactones) is 1. The summed E-state index contributed by atoms with van der Waals surface area (Å²) >= 11 is 9.46. The molecule has 8 nitrogen and oxygen atoms in total. The summed E-state index contributed by atoms with van der Waals surface area (Å²) in [4.78, 5) is 14.0. The Labute approximate surface area is 184 Å². The Morgan fingerprint density at radius 2 is 2.23 bits per heavy atom. The van der Waals surface area contributed by atoms with Crippen molar-refractivity contribution in [1.29, 1.82) is 0 Å². The van der Waals surface area contributed by atoms with E-state index < -0.39 is 11.9 Å². The first-order chi connectivity index (χ1) is 14.3. The fourth-order valence-corrected chi connectivity index (χ4v) is 3.20. The smallest absolute Gasteiger partial charge is 0.414 e. The van der Waals surface area contributed by atoms with Crippen molar-refractivity contribution in [2.45, 2.75) is 25.3 Å². The molecule has 2 atom stereocenters. The number of anilines is 2. The van der Waals surface area contributed by atoms with E-state index in [0.717, 1.165) is 0 Å². The molecule has 1 unspecified atom stereocenters. The van der Waals surface area contributed by atoms with Gasteiger partial charge in [-0.1, -0.05) is 17.4 Å². The number of nitrogens with one attached hydrogen (secondary N) is 3. The number of carbonyl (C=O) groups is 1. The van der Waals surface area contributed by atoms with Crippen molar-refractivity contribution in [2.75, 3.05) is 36.4 Å². The number of aromatic nitrogens is 1. The summed E-state index contributed by atoms with van der Waals surface area (Å²) in [7, 11) is 0. The van der Waals surface area contributed by atoms with Crippen LogP contribution in [0.25, 0.3) is 0 Å². The lowest BCUT2D eigenvalue weighted by Crippen LogP contribution is -2.33. The lowest BCUT2D eigenvalue weighted by molar-refractivity contribution is 0.140. The molecular weight excluding hydrogens is 429 g/mol. The third kappa shape index (κ3) is 5.83. The number of rotatable bonds is 9. The van der Waals surface area contributed by atoms with Gasteiger partial charge in [0.25, 0.3) is 0 Å². The molecule has 162 valence electrons. The lowest BCUT2D eigenvalue weighted by atomic mass is 10.2. The second-order valence-corrected chi connectivity index (χ2v) is 8.05. The molecule has 2 aromatic rings. The molecule has 11 heteroatoms. The van der Waals surface area contributed by atoms with Gasteiger partial charge in [0.05, 0.1) is 17.9 Å². The lowest BCUT2D eigenvalue weighted by Gasteiger charge is -2.15. The largest absolute Gasteiger partial charge is 0.443 e. The predicted molar refractivity (Wildman–Crippen MR) is 120 cm³/mol. The Hall–Kier alpha value is -2.37. The van der Waals surface area contributed by atoms with Gasteiger partial charge >= 0.3 is 6.09 Å². The molecule has 3 rings (SSSR count). The van der Waals surface area contributed by atoms with Crippen molar-refractivity contribution in [3.05, 3.63) is 41.5 Å². The predicted octanol–water partition coefficient (Wildman–Crippen LogP) is 2.69. The van der Waals surface area contributed by atoms with Crippen molar-refractivity contribution in [3.63, 3.8) is 0 Å². The highest BCUT2D eigenvalue weighted by Gasteiger charge is 2.32. The van der Waals surface area contributed by atoms with Gasteiger partial charge in [0.2, 0.25) is 0 Å². The molecule has 1 aliphatic rings. The molecule has 1 fully saturated rings. The highest BCUT2D eigenvalue weighted by molar-refractivity contribution is 7.81. The van der Waals surface area contributed by atoms with E-state index in [4.69, 9.17) is 21.5 Å². The Bertz CT molecular complexity index is 908. The number of thiol groups is 1. The number of carbonyl (C=O) groups excluding carboxylic acids is 1. The van der Waals surface area contributed by atoms with Crippen molar-refractivity contribution in [3.8, 4) is 0 Å². The summed E-state index contributed by atoms with van der Waals surface area (Å²) in [5.74, 6) is 0.218. The van der Waals surface area contributed by atoms with E-state index in [1.165, 1.54) is 11.0 Å². The molecule has 2 heterocycles. The van der Waals surface area contributed by atoms with Crippen LogP contribution in [-0.2, 0) is 4.74 Å². The van der Waals surface area contributed by atoms with Gasteiger partial charge in [-0.05, 0) is 32.0 Å². The van der Waals surface area contributed by atoms with E-state index in [9.17, 15) is 9.18 Å². The number of nitrogens with zero attached hydrogens (tertiary/aromatic N) is 2. The number of hydrogen-bond acceptors (Lipinski definition) is 8. The molecule has 1 amide bonds. The second kappa shape index (κ2) is 10.1. The summed E-state index contributed by atoms with van der Waals surface area (Å²) in [6.45, 7) is 5.42. The van der Waals surface area contributed by atoms with Crippen LogP contribution >= 0.6 is 24.8 Å². The molecule has 0 aliphatic carbocycles. The van der Waals surface area contributed by atoms with Crippen LogP contribution in [0.2, 0.25) is 0 Å². The van der Waals surface area contributed by atoms with Gasteiger partial charge in [-0.15, -0.1) is 0 Å². The zero-order valence-corrected chi connectivity index (χ0v) is 18.4. The highest BCUT2D eigenvalue weighted by atomic mass is 32.1. The van der Waals surface area contributed by atoms with E-state index in [0.29, 0.717) is 54.0 Å². The minimum absolute atomic E-state index is 0.00975. The van der Waals surface area contributed by atoms with Gasteiger partial charge in [0, 0.05) is 31.1 Å². The molecule has 3 N–H and O–H groups in total. The Kier molecular flexibility index (Phi) is 7.51. The van der Waals surface area contributed by atoms with Crippen LogP contribution in [0, 0.1) is 12.7 Å². The van der Waals surface area contributed by atoms with Crippen LogP contribution < -0.4 is 20.9 Å². The van der Waals surface area contributed by atoms with Gasteiger partial charge in [-0.2, -0.15) is 12.6 Å². The molecule has 1 saturated heterocycles. The molecule has 1 aromatic carbocycles. The Morgan fingerprint density at radius 3 is 2.90 bits per heavy atom. The zero-order chi connectivity index (χ0) is 21.7. The zero-order valence-electron chi connectivity index (χ0n) is 16.6. The maximum absolute atomic E-state index is 14.5.